The molecule has 0 aromatic heterocycles. The van der Waals surface area contributed by atoms with Crippen LogP contribution in [0.3, 0.4) is 0 Å². The van der Waals surface area contributed by atoms with Crippen molar-refractivity contribution in [3.63, 3.8) is 0 Å². The van der Waals surface area contributed by atoms with Crippen molar-refractivity contribution in [3.8, 4) is 0 Å². The van der Waals surface area contributed by atoms with Crippen LogP contribution in [-0.4, -0.2) is 0 Å². The third-order valence-corrected chi connectivity index (χ3v) is 2.52. The van der Waals surface area contributed by atoms with Gasteiger partial charge in [-0.3, -0.25) is 0 Å². The van der Waals surface area contributed by atoms with Crippen molar-refractivity contribution in [3.05, 3.63) is 17.6 Å². The SMILES string of the molecule is CCCCCCCCCC=C=C(F)CC. The molecule has 0 saturated heterocycles. The number of rotatable bonds is 9. The molecule has 15 heavy (non-hydrogen) atoms. The number of allylic oxidation sites excluding steroid dienone is 1. The molecule has 0 aromatic rings. The number of unbranched alkanes of at least 4 members (excludes halogenated alkanes) is 7. The Morgan fingerprint density at radius 1 is 1.00 bits per heavy atom. The highest BCUT2D eigenvalue weighted by molar-refractivity contribution is 4.91. The first-order valence-electron chi connectivity index (χ1n) is 6.40. The van der Waals surface area contributed by atoms with Crippen LogP contribution in [0.5, 0.6) is 0 Å². The molecule has 0 spiro atoms. The summed E-state index contributed by atoms with van der Waals surface area (Å²) in [6.45, 7) is 4.04. The Kier molecular flexibility index (Phi) is 11.1. The zero-order chi connectivity index (χ0) is 11.4. The minimum atomic E-state index is -0.127. The van der Waals surface area contributed by atoms with Crippen LogP contribution in [0.1, 0.15) is 71.6 Å². The lowest BCUT2D eigenvalue weighted by Gasteiger charge is -1.98. The van der Waals surface area contributed by atoms with Gasteiger partial charge in [-0.15, -0.1) is 0 Å². The molecular formula is C14H25F. The van der Waals surface area contributed by atoms with Crippen LogP contribution in [0.25, 0.3) is 0 Å². The van der Waals surface area contributed by atoms with Crippen LogP contribution >= 0.6 is 0 Å². The van der Waals surface area contributed by atoms with Gasteiger partial charge in [0.15, 0.2) is 0 Å². The first-order valence-corrected chi connectivity index (χ1v) is 6.40. The summed E-state index contributed by atoms with van der Waals surface area (Å²) in [4.78, 5) is 0. The van der Waals surface area contributed by atoms with Crippen molar-refractivity contribution >= 4 is 0 Å². The normalized spacial score (nSPS) is 9.80. The van der Waals surface area contributed by atoms with E-state index in [1.807, 2.05) is 13.0 Å². The Morgan fingerprint density at radius 2 is 1.60 bits per heavy atom. The van der Waals surface area contributed by atoms with E-state index in [0.717, 1.165) is 6.42 Å². The second-order valence-corrected chi connectivity index (χ2v) is 4.02. The maximum Gasteiger partial charge on any atom is 0.141 e. The van der Waals surface area contributed by atoms with E-state index >= 15 is 0 Å². The molecule has 0 aliphatic heterocycles. The van der Waals surface area contributed by atoms with Gasteiger partial charge >= 0.3 is 0 Å². The van der Waals surface area contributed by atoms with Gasteiger partial charge in [0.25, 0.3) is 0 Å². The van der Waals surface area contributed by atoms with Gasteiger partial charge in [-0.1, -0.05) is 58.1 Å². The lowest BCUT2D eigenvalue weighted by atomic mass is 10.1. The zero-order valence-electron chi connectivity index (χ0n) is 10.3. The van der Waals surface area contributed by atoms with E-state index in [1.54, 1.807) is 0 Å². The fourth-order valence-electron chi connectivity index (χ4n) is 1.49. The number of halogens is 1. The van der Waals surface area contributed by atoms with Gasteiger partial charge in [0.05, 0.1) is 0 Å². The molecule has 0 heterocycles. The summed E-state index contributed by atoms with van der Waals surface area (Å²) in [5.41, 5.74) is 2.67. The minimum absolute atomic E-state index is 0.127. The second kappa shape index (κ2) is 11.5. The molecule has 0 N–H and O–H groups in total. The van der Waals surface area contributed by atoms with Gasteiger partial charge in [-0.25, -0.2) is 4.39 Å². The van der Waals surface area contributed by atoms with E-state index in [-0.39, 0.29) is 5.83 Å². The van der Waals surface area contributed by atoms with Crippen LogP contribution in [0.4, 0.5) is 4.39 Å². The van der Waals surface area contributed by atoms with Crippen LogP contribution < -0.4 is 0 Å². The van der Waals surface area contributed by atoms with Crippen molar-refractivity contribution in [2.75, 3.05) is 0 Å². The minimum Gasteiger partial charge on any atom is -0.203 e. The highest BCUT2D eigenvalue weighted by Gasteiger charge is 1.89. The molecule has 0 nitrogen and oxygen atoms in total. The predicted octanol–water partition coefficient (Wildman–Crippen LogP) is 5.55. The Morgan fingerprint density at radius 3 is 2.20 bits per heavy atom. The van der Waals surface area contributed by atoms with Gasteiger partial charge in [0.1, 0.15) is 5.83 Å². The molecule has 1 heteroatoms. The zero-order valence-corrected chi connectivity index (χ0v) is 10.3. The topological polar surface area (TPSA) is 0 Å². The summed E-state index contributed by atoms with van der Waals surface area (Å²) in [7, 11) is 0. The largest absolute Gasteiger partial charge is 0.203 e. The van der Waals surface area contributed by atoms with Gasteiger partial charge in [-0.2, -0.15) is 0 Å². The molecule has 0 unspecified atom stereocenters. The summed E-state index contributed by atoms with van der Waals surface area (Å²) in [6.07, 6.45) is 12.5. The molecule has 0 amide bonds. The fraction of sp³-hybridized carbons (Fsp3) is 0.786. The monoisotopic (exact) mass is 212 g/mol. The van der Waals surface area contributed by atoms with Crippen LogP contribution in [-0.2, 0) is 0 Å². The van der Waals surface area contributed by atoms with Crippen LogP contribution in [0.2, 0.25) is 0 Å². The van der Waals surface area contributed by atoms with Crippen LogP contribution in [0, 0.1) is 0 Å². The van der Waals surface area contributed by atoms with Crippen molar-refractivity contribution in [1.82, 2.24) is 0 Å². The Hall–Kier alpha value is -0.550. The Bertz CT molecular complexity index is 188. The average Bonchev–Trinajstić information content (AvgIpc) is 2.26. The predicted molar refractivity (Wildman–Crippen MR) is 65.6 cm³/mol. The molecule has 0 fully saturated rings. The first-order chi connectivity index (χ1) is 7.31. The highest BCUT2D eigenvalue weighted by atomic mass is 19.1. The Labute approximate surface area is 94.3 Å². The standard InChI is InChI=1S/C14H25F/c1-3-5-6-7-8-9-10-11-12-13-14(15)4-2/h12H,3-11H2,1-2H3. The van der Waals surface area contributed by atoms with Crippen molar-refractivity contribution in [2.24, 2.45) is 0 Å². The van der Waals surface area contributed by atoms with Gasteiger partial charge in [0, 0.05) is 6.42 Å². The molecular weight excluding hydrogens is 187 g/mol. The molecule has 0 aromatic carbocycles. The third kappa shape index (κ3) is 11.4. The van der Waals surface area contributed by atoms with Crippen molar-refractivity contribution in [1.29, 1.82) is 0 Å². The van der Waals surface area contributed by atoms with Gasteiger partial charge in [0.2, 0.25) is 0 Å². The van der Waals surface area contributed by atoms with Gasteiger partial charge < -0.3 is 0 Å². The molecule has 0 atom stereocenters. The molecule has 0 aliphatic carbocycles. The van der Waals surface area contributed by atoms with E-state index in [0.29, 0.717) is 6.42 Å². The quantitative estimate of drug-likeness (QED) is 0.347. The van der Waals surface area contributed by atoms with E-state index in [1.165, 1.54) is 44.9 Å². The summed E-state index contributed by atoms with van der Waals surface area (Å²) >= 11 is 0. The summed E-state index contributed by atoms with van der Waals surface area (Å²) in [6, 6.07) is 0. The lowest BCUT2D eigenvalue weighted by molar-refractivity contribution is 0.590. The molecule has 88 valence electrons. The van der Waals surface area contributed by atoms with Crippen LogP contribution in [0.15, 0.2) is 17.6 Å². The molecule has 0 bridgehead atoms. The molecule has 0 saturated carbocycles. The van der Waals surface area contributed by atoms with Crippen molar-refractivity contribution in [2.45, 2.75) is 71.6 Å². The van der Waals surface area contributed by atoms with E-state index < -0.39 is 0 Å². The highest BCUT2D eigenvalue weighted by Crippen LogP contribution is 2.08. The number of hydrogen-bond donors (Lipinski definition) is 0. The van der Waals surface area contributed by atoms with Crippen molar-refractivity contribution < 1.29 is 4.39 Å². The fourth-order valence-corrected chi connectivity index (χ4v) is 1.49. The molecule has 0 rings (SSSR count). The maximum absolute atomic E-state index is 12.6. The van der Waals surface area contributed by atoms with E-state index in [9.17, 15) is 4.39 Å². The van der Waals surface area contributed by atoms with E-state index in [2.05, 4.69) is 12.7 Å². The summed E-state index contributed by atoms with van der Waals surface area (Å²) < 4.78 is 12.6. The number of hydrogen-bond acceptors (Lipinski definition) is 0. The third-order valence-electron chi connectivity index (χ3n) is 2.52. The van der Waals surface area contributed by atoms with Gasteiger partial charge in [-0.05, 0) is 18.9 Å². The lowest BCUT2D eigenvalue weighted by Crippen LogP contribution is -1.78. The summed E-state index contributed by atoms with van der Waals surface area (Å²) in [5, 5.41) is 0. The smallest absolute Gasteiger partial charge is 0.141 e. The second-order valence-electron chi connectivity index (χ2n) is 4.02. The average molecular weight is 212 g/mol. The molecule has 0 radical (unpaired) electrons. The first kappa shape index (κ1) is 14.5. The summed E-state index contributed by atoms with van der Waals surface area (Å²) in [5.74, 6) is -0.127. The maximum atomic E-state index is 12.6. The van der Waals surface area contributed by atoms with E-state index in [4.69, 9.17) is 0 Å². The molecule has 0 aliphatic rings. The Balaban J connectivity index is 3.21.